The number of carbonyl (C=O) groups excluding carboxylic acids is 1. The van der Waals surface area contributed by atoms with Crippen molar-refractivity contribution in [1.29, 1.82) is 0 Å². The number of nitrogens with zero attached hydrogens (tertiary/aromatic N) is 1. The lowest BCUT2D eigenvalue weighted by atomic mass is 10.0. The number of amides is 1. The van der Waals surface area contributed by atoms with Gasteiger partial charge in [0.05, 0.1) is 6.04 Å². The van der Waals surface area contributed by atoms with Gasteiger partial charge in [0, 0.05) is 12.6 Å². The Balaban J connectivity index is 1.96. The van der Waals surface area contributed by atoms with Crippen molar-refractivity contribution in [2.75, 3.05) is 6.54 Å². The van der Waals surface area contributed by atoms with Gasteiger partial charge in [0.2, 0.25) is 5.91 Å². The first kappa shape index (κ1) is 9.00. The number of likely N-dealkylation sites (tertiary alicyclic amines) is 1. The molecular weight excluding hydrogens is 164 g/mol. The number of hydrogen-bond acceptors (Lipinski definition) is 2. The smallest absolute Gasteiger partial charge is 0.240 e. The third-order valence-corrected chi connectivity index (χ3v) is 3.31. The van der Waals surface area contributed by atoms with E-state index in [2.05, 4.69) is 0 Å². The summed E-state index contributed by atoms with van der Waals surface area (Å²) in [6, 6.07) is 0.261. The molecule has 13 heavy (non-hydrogen) atoms. The maximum atomic E-state index is 11.8. The van der Waals surface area contributed by atoms with Crippen molar-refractivity contribution in [3.63, 3.8) is 0 Å². The molecule has 1 heterocycles. The van der Waals surface area contributed by atoms with E-state index in [0.29, 0.717) is 6.04 Å². The van der Waals surface area contributed by atoms with Crippen molar-refractivity contribution >= 4 is 5.91 Å². The molecule has 1 aliphatic heterocycles. The van der Waals surface area contributed by atoms with Crippen LogP contribution in [0.1, 0.15) is 26.7 Å². The van der Waals surface area contributed by atoms with Gasteiger partial charge >= 0.3 is 0 Å². The third kappa shape index (κ3) is 1.46. The second-order valence-electron chi connectivity index (χ2n) is 4.65. The van der Waals surface area contributed by atoms with Gasteiger partial charge in [-0.3, -0.25) is 4.79 Å². The molecule has 74 valence electrons. The van der Waals surface area contributed by atoms with Crippen molar-refractivity contribution in [2.24, 2.45) is 17.6 Å². The second-order valence-corrected chi connectivity index (χ2v) is 4.65. The highest BCUT2D eigenvalue weighted by Crippen LogP contribution is 2.44. The third-order valence-electron chi connectivity index (χ3n) is 3.31. The van der Waals surface area contributed by atoms with E-state index in [1.165, 1.54) is 12.8 Å². The Hall–Kier alpha value is -0.570. The van der Waals surface area contributed by atoms with Gasteiger partial charge in [0.15, 0.2) is 0 Å². The Kier molecular flexibility index (Phi) is 2.06. The van der Waals surface area contributed by atoms with E-state index in [9.17, 15) is 4.79 Å². The molecule has 1 saturated carbocycles. The molecule has 0 aromatic carbocycles. The molecule has 3 heteroatoms. The Morgan fingerprint density at radius 3 is 2.62 bits per heavy atom. The summed E-state index contributed by atoms with van der Waals surface area (Å²) in [5.74, 6) is 1.23. The highest BCUT2D eigenvalue weighted by atomic mass is 16.2. The average Bonchev–Trinajstić information content (AvgIpc) is 2.76. The Bertz CT molecular complexity index is 227. The van der Waals surface area contributed by atoms with Crippen molar-refractivity contribution in [3.05, 3.63) is 0 Å². The Morgan fingerprint density at radius 2 is 2.23 bits per heavy atom. The van der Waals surface area contributed by atoms with E-state index in [0.717, 1.165) is 12.5 Å². The molecule has 1 saturated heterocycles. The largest absolute Gasteiger partial charge is 0.338 e. The molecule has 3 atom stereocenters. The Morgan fingerprint density at radius 1 is 1.54 bits per heavy atom. The maximum absolute atomic E-state index is 11.8. The van der Waals surface area contributed by atoms with E-state index < -0.39 is 0 Å². The molecule has 0 aromatic rings. The zero-order chi connectivity index (χ0) is 9.59. The van der Waals surface area contributed by atoms with Crippen LogP contribution in [0.4, 0.5) is 0 Å². The van der Waals surface area contributed by atoms with Crippen LogP contribution in [0.3, 0.4) is 0 Å². The number of rotatable bonds is 2. The number of nitrogens with two attached hydrogens (primary N) is 1. The lowest BCUT2D eigenvalue weighted by molar-refractivity contribution is -0.133. The highest BCUT2D eigenvalue weighted by Gasteiger charge is 2.49. The zero-order valence-corrected chi connectivity index (χ0v) is 8.36. The summed E-state index contributed by atoms with van der Waals surface area (Å²) in [6.07, 6.45) is 2.41. The van der Waals surface area contributed by atoms with Gasteiger partial charge in [-0.2, -0.15) is 0 Å². The van der Waals surface area contributed by atoms with Crippen LogP contribution in [0.2, 0.25) is 0 Å². The number of hydrogen-bond donors (Lipinski definition) is 1. The summed E-state index contributed by atoms with van der Waals surface area (Å²) in [5.41, 5.74) is 5.83. The van der Waals surface area contributed by atoms with E-state index in [-0.39, 0.29) is 17.9 Å². The first-order valence-electron chi connectivity index (χ1n) is 5.17. The minimum atomic E-state index is -0.292. The monoisotopic (exact) mass is 182 g/mol. The Labute approximate surface area is 79.3 Å². The van der Waals surface area contributed by atoms with Crippen molar-refractivity contribution in [3.8, 4) is 0 Å². The van der Waals surface area contributed by atoms with Crippen LogP contribution in [-0.2, 0) is 4.79 Å². The predicted octanol–water partition coefficient (Wildman–Crippen LogP) is 0.590. The number of fused-ring (bicyclic) bond motifs is 1. The van der Waals surface area contributed by atoms with E-state index in [4.69, 9.17) is 5.73 Å². The van der Waals surface area contributed by atoms with Crippen LogP contribution < -0.4 is 5.73 Å². The SMILES string of the molecule is CC(C)[C@H](N)C(=O)N1CC[C@@H]2C[C@@H]21. The fraction of sp³-hybridized carbons (Fsp3) is 0.900. The molecule has 2 rings (SSSR count). The molecule has 1 amide bonds. The van der Waals surface area contributed by atoms with Crippen LogP contribution >= 0.6 is 0 Å². The molecule has 0 spiro atoms. The standard InChI is InChI=1S/C10H18N2O/c1-6(2)9(11)10(13)12-4-3-7-5-8(7)12/h6-9H,3-5,11H2,1-2H3/t7-,8+,9+/m1/s1. The van der Waals surface area contributed by atoms with Gasteiger partial charge in [-0.1, -0.05) is 13.8 Å². The van der Waals surface area contributed by atoms with E-state index >= 15 is 0 Å². The average molecular weight is 182 g/mol. The molecule has 0 aromatic heterocycles. The summed E-state index contributed by atoms with van der Waals surface area (Å²) >= 11 is 0. The topological polar surface area (TPSA) is 46.3 Å². The normalized spacial score (nSPS) is 33.4. The first-order valence-corrected chi connectivity index (χ1v) is 5.17. The second kappa shape index (κ2) is 2.98. The number of carbonyl (C=O) groups is 1. The molecule has 2 aliphatic rings. The van der Waals surface area contributed by atoms with Crippen molar-refractivity contribution in [1.82, 2.24) is 4.90 Å². The highest BCUT2D eigenvalue weighted by molar-refractivity contribution is 5.83. The maximum Gasteiger partial charge on any atom is 0.240 e. The molecular formula is C10H18N2O. The predicted molar refractivity (Wildman–Crippen MR) is 51.0 cm³/mol. The lowest BCUT2D eigenvalue weighted by Crippen LogP contribution is -2.46. The van der Waals surface area contributed by atoms with Crippen molar-refractivity contribution in [2.45, 2.75) is 38.8 Å². The molecule has 1 aliphatic carbocycles. The molecule has 2 N–H and O–H groups in total. The van der Waals surface area contributed by atoms with Gasteiger partial charge in [-0.25, -0.2) is 0 Å². The minimum Gasteiger partial charge on any atom is -0.338 e. The van der Waals surface area contributed by atoms with Gasteiger partial charge in [-0.05, 0) is 24.7 Å². The summed E-state index contributed by atoms with van der Waals surface area (Å²) in [5, 5.41) is 0. The van der Waals surface area contributed by atoms with Crippen LogP contribution in [0.5, 0.6) is 0 Å². The quantitative estimate of drug-likeness (QED) is 0.679. The minimum absolute atomic E-state index is 0.167. The summed E-state index contributed by atoms with van der Waals surface area (Å²) in [7, 11) is 0. The van der Waals surface area contributed by atoms with E-state index in [1.54, 1.807) is 0 Å². The van der Waals surface area contributed by atoms with E-state index in [1.807, 2.05) is 18.7 Å². The summed E-state index contributed by atoms with van der Waals surface area (Å²) < 4.78 is 0. The zero-order valence-electron chi connectivity index (χ0n) is 8.36. The number of piperidine rings is 1. The fourth-order valence-corrected chi connectivity index (χ4v) is 2.14. The molecule has 0 unspecified atom stereocenters. The van der Waals surface area contributed by atoms with Gasteiger partial charge in [0.25, 0.3) is 0 Å². The van der Waals surface area contributed by atoms with Crippen LogP contribution in [0, 0.1) is 11.8 Å². The van der Waals surface area contributed by atoms with Crippen LogP contribution in [-0.4, -0.2) is 29.4 Å². The van der Waals surface area contributed by atoms with Gasteiger partial charge in [-0.15, -0.1) is 0 Å². The molecule has 3 nitrogen and oxygen atoms in total. The van der Waals surface area contributed by atoms with Crippen LogP contribution in [0.15, 0.2) is 0 Å². The lowest BCUT2D eigenvalue weighted by Gasteiger charge is -2.24. The molecule has 2 fully saturated rings. The first-order chi connectivity index (χ1) is 6.11. The van der Waals surface area contributed by atoms with Crippen LogP contribution in [0.25, 0.3) is 0 Å². The van der Waals surface area contributed by atoms with Gasteiger partial charge in [0.1, 0.15) is 0 Å². The fourth-order valence-electron chi connectivity index (χ4n) is 2.14. The summed E-state index contributed by atoms with van der Waals surface area (Å²) in [4.78, 5) is 13.8. The molecule has 0 radical (unpaired) electrons. The summed E-state index contributed by atoms with van der Waals surface area (Å²) in [6.45, 7) is 4.95. The van der Waals surface area contributed by atoms with Gasteiger partial charge < -0.3 is 10.6 Å². The molecule has 0 bridgehead atoms. The van der Waals surface area contributed by atoms with Crippen molar-refractivity contribution < 1.29 is 4.79 Å².